The van der Waals surface area contributed by atoms with Crippen molar-refractivity contribution in [2.45, 2.75) is 33.5 Å². The third kappa shape index (κ3) is 5.27. The van der Waals surface area contributed by atoms with Crippen LogP contribution in [0.3, 0.4) is 0 Å². The van der Waals surface area contributed by atoms with E-state index in [2.05, 4.69) is 15.5 Å². The minimum atomic E-state index is -0.226. The second kappa shape index (κ2) is 9.12. The number of aryl methyl sites for hydroxylation is 3. The van der Waals surface area contributed by atoms with Crippen LogP contribution in [0.2, 0.25) is 10.0 Å². The van der Waals surface area contributed by atoms with Crippen LogP contribution in [0.1, 0.15) is 28.2 Å². The molecule has 2 aromatic heterocycles. The first kappa shape index (κ1) is 20.2. The Bertz CT molecular complexity index is 948. The number of nitrogens with zero attached hydrogens (tertiary/aromatic N) is 4. The molecule has 0 bridgehead atoms. The van der Waals surface area contributed by atoms with E-state index in [1.165, 1.54) is 0 Å². The summed E-state index contributed by atoms with van der Waals surface area (Å²) in [6.45, 7) is 5.16. The highest BCUT2D eigenvalue weighted by Gasteiger charge is 2.09. The van der Waals surface area contributed by atoms with Gasteiger partial charge in [0.2, 0.25) is 0 Å². The largest absolute Gasteiger partial charge is 0.471 e. The third-order valence-electron chi connectivity index (χ3n) is 4.10. The van der Waals surface area contributed by atoms with Crippen LogP contribution in [-0.4, -0.2) is 32.0 Å². The van der Waals surface area contributed by atoms with Crippen LogP contribution in [0.4, 0.5) is 0 Å². The average Bonchev–Trinajstić information content (AvgIpc) is 3.26. The van der Waals surface area contributed by atoms with Crippen LogP contribution in [0.5, 0.6) is 5.75 Å². The molecule has 0 spiro atoms. The summed E-state index contributed by atoms with van der Waals surface area (Å²) in [5.74, 6) is 0.466. The Balaban J connectivity index is 1.43. The van der Waals surface area contributed by atoms with Crippen LogP contribution < -0.4 is 10.1 Å². The summed E-state index contributed by atoms with van der Waals surface area (Å²) in [7, 11) is 0. The molecule has 0 radical (unpaired) electrons. The summed E-state index contributed by atoms with van der Waals surface area (Å²) in [5, 5.41) is 12.7. The van der Waals surface area contributed by atoms with Crippen molar-refractivity contribution in [3.63, 3.8) is 0 Å². The summed E-state index contributed by atoms with van der Waals surface area (Å²) in [4.78, 5) is 12.2. The molecule has 0 aliphatic heterocycles. The summed E-state index contributed by atoms with van der Waals surface area (Å²) < 4.78 is 9.00. The maximum absolute atomic E-state index is 12.2. The van der Waals surface area contributed by atoms with Crippen molar-refractivity contribution in [3.8, 4) is 5.75 Å². The number of halogens is 2. The van der Waals surface area contributed by atoms with E-state index >= 15 is 0 Å². The fourth-order valence-corrected chi connectivity index (χ4v) is 2.81. The molecule has 0 aliphatic carbocycles. The zero-order valence-corrected chi connectivity index (χ0v) is 17.2. The number of amides is 1. The van der Waals surface area contributed by atoms with Crippen molar-refractivity contribution in [2.24, 2.45) is 0 Å². The highest BCUT2D eigenvalue weighted by molar-refractivity contribution is 6.31. The molecule has 0 atom stereocenters. The van der Waals surface area contributed by atoms with Crippen LogP contribution in [0.15, 0.2) is 36.7 Å². The monoisotopic (exact) mass is 421 g/mol. The molecule has 1 amide bonds. The highest BCUT2D eigenvalue weighted by Crippen LogP contribution is 2.21. The lowest BCUT2D eigenvalue weighted by Gasteiger charge is -2.07. The predicted molar refractivity (Wildman–Crippen MR) is 108 cm³/mol. The van der Waals surface area contributed by atoms with Crippen molar-refractivity contribution < 1.29 is 9.53 Å². The maximum atomic E-state index is 12.2. The van der Waals surface area contributed by atoms with Gasteiger partial charge in [0.25, 0.3) is 5.91 Å². The Hall–Kier alpha value is -2.51. The van der Waals surface area contributed by atoms with E-state index in [0.717, 1.165) is 17.7 Å². The van der Waals surface area contributed by atoms with Crippen molar-refractivity contribution >= 4 is 29.1 Å². The first-order valence-electron chi connectivity index (χ1n) is 8.82. The molecule has 0 saturated carbocycles. The number of hydrogen-bond acceptors (Lipinski definition) is 4. The summed E-state index contributed by atoms with van der Waals surface area (Å²) in [5.41, 5.74) is 2.08. The number of hydrogen-bond donors (Lipinski definition) is 1. The van der Waals surface area contributed by atoms with Gasteiger partial charge in [-0.1, -0.05) is 23.2 Å². The molecule has 0 unspecified atom stereocenters. The lowest BCUT2D eigenvalue weighted by molar-refractivity contribution is 0.0945. The van der Waals surface area contributed by atoms with Gasteiger partial charge in [-0.2, -0.15) is 10.2 Å². The quantitative estimate of drug-likeness (QED) is 0.560. The second-order valence-electron chi connectivity index (χ2n) is 6.36. The average molecular weight is 422 g/mol. The van der Waals surface area contributed by atoms with Gasteiger partial charge in [0, 0.05) is 30.5 Å². The number of benzene rings is 1. The molecule has 9 heteroatoms. The fourth-order valence-electron chi connectivity index (χ4n) is 2.54. The Morgan fingerprint density at radius 3 is 2.68 bits per heavy atom. The van der Waals surface area contributed by atoms with Crippen molar-refractivity contribution in [1.29, 1.82) is 0 Å². The van der Waals surface area contributed by atoms with Crippen LogP contribution in [0.25, 0.3) is 0 Å². The van der Waals surface area contributed by atoms with Gasteiger partial charge in [-0.15, -0.1) is 0 Å². The number of rotatable bonds is 8. The van der Waals surface area contributed by atoms with E-state index in [4.69, 9.17) is 27.9 Å². The van der Waals surface area contributed by atoms with E-state index in [1.807, 2.05) is 19.9 Å². The minimum Gasteiger partial charge on any atom is -0.471 e. The Kier molecular flexibility index (Phi) is 6.59. The highest BCUT2D eigenvalue weighted by atomic mass is 35.5. The molecule has 28 heavy (non-hydrogen) atoms. The standard InChI is InChI=1S/C19H21Cl2N5O2/c1-13-10-15(4-5-16(13)20)28-12-26-9-6-18(24-26)19(27)22-7-3-8-25-11-17(21)14(2)23-25/h4-6,9-11H,3,7-8,12H2,1-2H3,(H,22,27). The number of carbonyl (C=O) groups excluding carboxylic acids is 1. The first-order chi connectivity index (χ1) is 13.4. The summed E-state index contributed by atoms with van der Waals surface area (Å²) >= 11 is 12.0. The van der Waals surface area contributed by atoms with Gasteiger partial charge < -0.3 is 10.1 Å². The van der Waals surface area contributed by atoms with E-state index in [9.17, 15) is 4.79 Å². The van der Waals surface area contributed by atoms with Crippen molar-refractivity contribution in [1.82, 2.24) is 24.9 Å². The Morgan fingerprint density at radius 2 is 1.96 bits per heavy atom. The second-order valence-corrected chi connectivity index (χ2v) is 7.17. The fraction of sp³-hybridized carbons (Fsp3) is 0.316. The molecule has 0 fully saturated rings. The molecule has 3 rings (SSSR count). The van der Waals surface area contributed by atoms with Gasteiger partial charge >= 0.3 is 0 Å². The number of aromatic nitrogens is 4. The van der Waals surface area contributed by atoms with E-state index in [1.54, 1.807) is 40.0 Å². The molecule has 1 aromatic carbocycles. The van der Waals surface area contributed by atoms with Crippen molar-refractivity contribution in [3.05, 3.63) is 63.7 Å². The lowest BCUT2D eigenvalue weighted by atomic mass is 10.2. The summed E-state index contributed by atoms with van der Waals surface area (Å²) in [6, 6.07) is 7.09. The predicted octanol–water partition coefficient (Wildman–Crippen LogP) is 3.86. The number of nitrogens with one attached hydrogen (secondary N) is 1. The first-order valence-corrected chi connectivity index (χ1v) is 9.58. The van der Waals surface area contributed by atoms with Gasteiger partial charge in [-0.25, -0.2) is 4.68 Å². The lowest BCUT2D eigenvalue weighted by Crippen LogP contribution is -2.26. The Morgan fingerprint density at radius 1 is 1.14 bits per heavy atom. The molecule has 148 valence electrons. The molecular weight excluding hydrogens is 401 g/mol. The van der Waals surface area contributed by atoms with Crippen LogP contribution >= 0.6 is 23.2 Å². The van der Waals surface area contributed by atoms with E-state index < -0.39 is 0 Å². The topological polar surface area (TPSA) is 74.0 Å². The molecule has 3 aromatic rings. The SMILES string of the molecule is Cc1cc(OCn2ccc(C(=O)NCCCn3cc(Cl)c(C)n3)n2)ccc1Cl. The van der Waals surface area contributed by atoms with Gasteiger partial charge in [0.15, 0.2) is 6.73 Å². The van der Waals surface area contributed by atoms with Gasteiger partial charge in [-0.3, -0.25) is 9.48 Å². The molecule has 7 nitrogen and oxygen atoms in total. The van der Waals surface area contributed by atoms with E-state index in [0.29, 0.717) is 34.6 Å². The van der Waals surface area contributed by atoms with E-state index in [-0.39, 0.29) is 12.6 Å². The van der Waals surface area contributed by atoms with Crippen molar-refractivity contribution in [2.75, 3.05) is 6.54 Å². The molecule has 0 saturated heterocycles. The van der Waals surface area contributed by atoms with Gasteiger partial charge in [0.05, 0.1) is 10.7 Å². The summed E-state index contributed by atoms with van der Waals surface area (Å²) in [6.07, 6.45) is 4.22. The Labute approximate surface area is 173 Å². The number of carbonyl (C=O) groups is 1. The zero-order valence-electron chi connectivity index (χ0n) is 15.7. The molecule has 2 heterocycles. The molecule has 1 N–H and O–H groups in total. The molecule has 0 aliphatic rings. The maximum Gasteiger partial charge on any atom is 0.271 e. The van der Waals surface area contributed by atoms with Crippen LogP contribution in [0, 0.1) is 13.8 Å². The van der Waals surface area contributed by atoms with Gasteiger partial charge in [0.1, 0.15) is 11.4 Å². The molecular formula is C19H21Cl2N5O2. The normalized spacial score (nSPS) is 10.9. The zero-order chi connectivity index (χ0) is 20.1. The minimum absolute atomic E-state index is 0.202. The van der Waals surface area contributed by atoms with Gasteiger partial charge in [-0.05, 0) is 50.1 Å². The number of ether oxygens (including phenoxy) is 1. The smallest absolute Gasteiger partial charge is 0.271 e. The van der Waals surface area contributed by atoms with Crippen LogP contribution in [-0.2, 0) is 13.3 Å². The third-order valence-corrected chi connectivity index (χ3v) is 4.90.